The Morgan fingerprint density at radius 2 is 1.00 bits per heavy atom. The zero-order valence-corrected chi connectivity index (χ0v) is 17.8. The third-order valence-corrected chi connectivity index (χ3v) is 5.27. The lowest BCUT2D eigenvalue weighted by molar-refractivity contribution is 0.899. The van der Waals surface area contributed by atoms with Gasteiger partial charge in [0.25, 0.3) is 0 Å². The number of allylic oxidation sites excluding steroid dienone is 1. The zero-order chi connectivity index (χ0) is 21.5. The molecule has 0 saturated carbocycles. The number of hydrogen-bond donors (Lipinski definition) is 0. The van der Waals surface area contributed by atoms with Crippen LogP contribution in [-0.4, -0.2) is 30.7 Å². The van der Waals surface area contributed by atoms with E-state index in [9.17, 15) is 0 Å². The van der Waals surface area contributed by atoms with Crippen molar-refractivity contribution in [3.63, 3.8) is 0 Å². The van der Waals surface area contributed by atoms with Crippen molar-refractivity contribution in [1.29, 1.82) is 0 Å². The minimum absolute atomic E-state index is 0.769. The summed E-state index contributed by atoms with van der Waals surface area (Å²) < 4.78 is 2.32. The van der Waals surface area contributed by atoms with E-state index in [0.717, 1.165) is 32.7 Å². The Hall–Kier alpha value is -3.46. The smallest absolute Gasteiger partial charge is 0.0495 e. The summed E-state index contributed by atoms with van der Waals surface area (Å²) in [6.07, 6.45) is 9.65. The number of aromatic nitrogens is 1. The average Bonchev–Trinajstić information content (AvgIpc) is 3.06. The van der Waals surface area contributed by atoms with Gasteiger partial charge in [-0.2, -0.15) is 0 Å². The monoisotopic (exact) mass is 397 g/mol. The standard InChI is InChI=1S/C27H31N3/c1-6-15-28(16-7-2)22-11-13-26-24(20-22)25-21-23(29(17-8-3)18-9-4)12-14-27(25)30(26)19-10-5/h6-14,20-21H,1-5,15-19H2. The van der Waals surface area contributed by atoms with Gasteiger partial charge in [0.1, 0.15) is 0 Å². The molecule has 0 bridgehead atoms. The lowest BCUT2D eigenvalue weighted by Gasteiger charge is -2.22. The summed E-state index contributed by atoms with van der Waals surface area (Å²) in [5.74, 6) is 0. The molecule has 0 fully saturated rings. The first kappa shape index (κ1) is 21.3. The summed E-state index contributed by atoms with van der Waals surface area (Å²) >= 11 is 0. The van der Waals surface area contributed by atoms with Gasteiger partial charge in [-0.1, -0.05) is 30.4 Å². The minimum Gasteiger partial charge on any atom is -0.364 e. The minimum atomic E-state index is 0.769. The Morgan fingerprint density at radius 1 is 0.600 bits per heavy atom. The van der Waals surface area contributed by atoms with Gasteiger partial charge in [0, 0.05) is 65.9 Å². The second-order valence-electron chi connectivity index (χ2n) is 7.27. The van der Waals surface area contributed by atoms with Crippen LogP contribution in [0.15, 0.2) is 99.7 Å². The highest BCUT2D eigenvalue weighted by Crippen LogP contribution is 2.34. The second-order valence-corrected chi connectivity index (χ2v) is 7.27. The van der Waals surface area contributed by atoms with E-state index in [2.05, 4.69) is 83.7 Å². The number of fused-ring (bicyclic) bond motifs is 3. The SMILES string of the molecule is C=CCN(CC=C)c1ccc2c(c1)c1cc(N(CC=C)CC=C)ccc1n2CC=C. The number of nitrogens with zero attached hydrogens (tertiary/aromatic N) is 3. The van der Waals surface area contributed by atoms with Crippen molar-refractivity contribution in [1.82, 2.24) is 4.57 Å². The summed E-state index contributed by atoms with van der Waals surface area (Å²) in [6.45, 7) is 23.4. The first-order valence-corrected chi connectivity index (χ1v) is 10.3. The van der Waals surface area contributed by atoms with Crippen molar-refractivity contribution in [3.05, 3.63) is 99.7 Å². The van der Waals surface area contributed by atoms with Crippen LogP contribution in [0.25, 0.3) is 21.8 Å². The van der Waals surface area contributed by atoms with E-state index in [1.165, 1.54) is 33.2 Å². The molecule has 3 rings (SSSR count). The molecule has 0 spiro atoms. The number of benzene rings is 2. The third-order valence-electron chi connectivity index (χ3n) is 5.27. The zero-order valence-electron chi connectivity index (χ0n) is 17.8. The van der Waals surface area contributed by atoms with Crippen molar-refractivity contribution in [3.8, 4) is 0 Å². The number of rotatable bonds is 12. The van der Waals surface area contributed by atoms with Crippen LogP contribution in [0.4, 0.5) is 11.4 Å². The molecule has 0 unspecified atom stereocenters. The highest BCUT2D eigenvalue weighted by Gasteiger charge is 2.14. The summed E-state index contributed by atoms with van der Waals surface area (Å²) in [4.78, 5) is 4.53. The van der Waals surface area contributed by atoms with Crippen LogP contribution in [-0.2, 0) is 6.54 Å². The van der Waals surface area contributed by atoms with Crippen molar-refractivity contribution >= 4 is 33.2 Å². The molecular weight excluding hydrogens is 366 g/mol. The quantitative estimate of drug-likeness (QED) is 0.331. The molecule has 0 amide bonds. The lowest BCUT2D eigenvalue weighted by atomic mass is 10.1. The molecule has 3 heteroatoms. The third kappa shape index (κ3) is 4.11. The van der Waals surface area contributed by atoms with Crippen LogP contribution in [0.2, 0.25) is 0 Å². The fourth-order valence-electron chi connectivity index (χ4n) is 3.99. The van der Waals surface area contributed by atoms with Crippen LogP contribution in [0.3, 0.4) is 0 Å². The summed E-state index contributed by atoms with van der Waals surface area (Å²) in [7, 11) is 0. The van der Waals surface area contributed by atoms with E-state index in [4.69, 9.17) is 0 Å². The van der Waals surface area contributed by atoms with Gasteiger partial charge in [0.05, 0.1) is 0 Å². The Kier molecular flexibility index (Phi) is 6.97. The van der Waals surface area contributed by atoms with Gasteiger partial charge in [0.15, 0.2) is 0 Å². The van der Waals surface area contributed by atoms with Crippen LogP contribution in [0.1, 0.15) is 0 Å². The molecular formula is C27H31N3. The lowest BCUT2D eigenvalue weighted by Crippen LogP contribution is -2.23. The molecule has 0 radical (unpaired) electrons. The molecule has 3 aromatic rings. The first-order chi connectivity index (χ1) is 14.7. The molecule has 2 aromatic carbocycles. The summed E-state index contributed by atoms with van der Waals surface area (Å²) in [5.41, 5.74) is 4.75. The van der Waals surface area contributed by atoms with E-state index in [-0.39, 0.29) is 0 Å². The van der Waals surface area contributed by atoms with Crippen LogP contribution < -0.4 is 9.80 Å². The molecule has 3 nitrogen and oxygen atoms in total. The molecule has 1 aromatic heterocycles. The maximum absolute atomic E-state index is 3.96. The molecule has 0 aliphatic rings. The van der Waals surface area contributed by atoms with Gasteiger partial charge >= 0.3 is 0 Å². The Bertz CT molecular complexity index is 985. The van der Waals surface area contributed by atoms with Crippen molar-refractivity contribution in [2.24, 2.45) is 0 Å². The van der Waals surface area contributed by atoms with E-state index >= 15 is 0 Å². The van der Waals surface area contributed by atoms with Gasteiger partial charge in [-0.3, -0.25) is 0 Å². The molecule has 0 atom stereocenters. The Labute approximate surface area is 180 Å². The van der Waals surface area contributed by atoms with E-state index < -0.39 is 0 Å². The summed E-state index contributed by atoms with van der Waals surface area (Å²) in [6, 6.07) is 13.3. The predicted octanol–water partition coefficient (Wildman–Crippen LogP) is 6.34. The summed E-state index contributed by atoms with van der Waals surface area (Å²) in [5, 5.41) is 2.47. The van der Waals surface area contributed by atoms with E-state index in [1.54, 1.807) is 0 Å². The number of anilines is 2. The van der Waals surface area contributed by atoms with Crippen LogP contribution in [0, 0.1) is 0 Å². The van der Waals surface area contributed by atoms with Crippen molar-refractivity contribution in [2.75, 3.05) is 36.0 Å². The molecule has 1 heterocycles. The topological polar surface area (TPSA) is 11.4 Å². The van der Waals surface area contributed by atoms with Gasteiger partial charge in [0.2, 0.25) is 0 Å². The first-order valence-electron chi connectivity index (χ1n) is 10.3. The van der Waals surface area contributed by atoms with Crippen LogP contribution >= 0.6 is 0 Å². The molecule has 0 aliphatic heterocycles. The maximum Gasteiger partial charge on any atom is 0.0495 e. The predicted molar refractivity (Wildman–Crippen MR) is 135 cm³/mol. The van der Waals surface area contributed by atoms with Crippen molar-refractivity contribution in [2.45, 2.75) is 6.54 Å². The fourth-order valence-corrected chi connectivity index (χ4v) is 3.99. The molecule has 0 aliphatic carbocycles. The van der Waals surface area contributed by atoms with Crippen LogP contribution in [0.5, 0.6) is 0 Å². The molecule has 0 N–H and O–H groups in total. The fraction of sp³-hybridized carbons (Fsp3) is 0.185. The van der Waals surface area contributed by atoms with Gasteiger partial charge in [-0.25, -0.2) is 0 Å². The van der Waals surface area contributed by atoms with E-state index in [0.29, 0.717) is 0 Å². The largest absolute Gasteiger partial charge is 0.364 e. The van der Waals surface area contributed by atoms with Gasteiger partial charge in [-0.15, -0.1) is 32.9 Å². The molecule has 0 saturated heterocycles. The van der Waals surface area contributed by atoms with Gasteiger partial charge < -0.3 is 14.4 Å². The highest BCUT2D eigenvalue weighted by molar-refractivity contribution is 6.10. The van der Waals surface area contributed by atoms with Crippen molar-refractivity contribution < 1.29 is 0 Å². The normalized spacial score (nSPS) is 10.7. The Morgan fingerprint density at radius 3 is 1.33 bits per heavy atom. The highest BCUT2D eigenvalue weighted by atomic mass is 15.1. The molecule has 154 valence electrons. The number of hydrogen-bond acceptors (Lipinski definition) is 2. The Balaban J connectivity index is 2.23. The maximum atomic E-state index is 3.96. The van der Waals surface area contributed by atoms with E-state index in [1.807, 2.05) is 30.4 Å². The average molecular weight is 398 g/mol. The molecule has 30 heavy (non-hydrogen) atoms. The second kappa shape index (κ2) is 9.84. The van der Waals surface area contributed by atoms with Gasteiger partial charge in [-0.05, 0) is 36.4 Å².